The van der Waals surface area contributed by atoms with Gasteiger partial charge in [0.1, 0.15) is 6.04 Å². The molecule has 1 heterocycles. The van der Waals surface area contributed by atoms with Crippen molar-refractivity contribution in [2.24, 2.45) is 5.92 Å². The van der Waals surface area contributed by atoms with Crippen LogP contribution < -0.4 is 14.8 Å². The molecule has 0 aliphatic carbocycles. The molecule has 0 aliphatic heterocycles. The number of carbonyl (C=O) groups is 3. The lowest BCUT2D eigenvalue weighted by Gasteiger charge is -2.20. The molecule has 0 fully saturated rings. The fourth-order valence-corrected chi connectivity index (χ4v) is 3.06. The van der Waals surface area contributed by atoms with Crippen molar-refractivity contribution in [3.63, 3.8) is 0 Å². The Bertz CT molecular complexity index is 831. The second-order valence-corrected chi connectivity index (χ2v) is 7.22. The number of carbonyl (C=O) groups excluding carboxylic acids is 3. The van der Waals surface area contributed by atoms with Crippen LogP contribution in [0.5, 0.6) is 11.5 Å². The largest absolute Gasteiger partial charge is 0.493 e. The average Bonchev–Trinajstić information content (AvgIpc) is 3.23. The van der Waals surface area contributed by atoms with E-state index in [1.807, 2.05) is 0 Å². The van der Waals surface area contributed by atoms with Gasteiger partial charge < -0.3 is 19.5 Å². The van der Waals surface area contributed by atoms with E-state index in [1.54, 1.807) is 43.5 Å². The highest BCUT2D eigenvalue weighted by molar-refractivity contribution is 7.12. The maximum absolute atomic E-state index is 12.4. The molecule has 2 aromatic rings. The molecule has 0 saturated heterocycles. The molecule has 28 heavy (non-hydrogen) atoms. The van der Waals surface area contributed by atoms with E-state index in [2.05, 4.69) is 5.32 Å². The van der Waals surface area contributed by atoms with Gasteiger partial charge >= 0.3 is 5.97 Å². The predicted octanol–water partition coefficient (Wildman–Crippen LogP) is 2.95. The second-order valence-electron chi connectivity index (χ2n) is 6.27. The van der Waals surface area contributed by atoms with Crippen LogP contribution in [-0.4, -0.2) is 44.5 Å². The molecule has 0 spiro atoms. The first kappa shape index (κ1) is 21.4. The van der Waals surface area contributed by atoms with E-state index in [1.165, 1.54) is 31.6 Å². The summed E-state index contributed by atoms with van der Waals surface area (Å²) >= 11 is 1.28. The second kappa shape index (κ2) is 9.89. The summed E-state index contributed by atoms with van der Waals surface area (Å²) in [4.78, 5) is 37.5. The zero-order chi connectivity index (χ0) is 20.7. The number of benzene rings is 1. The van der Waals surface area contributed by atoms with Crippen molar-refractivity contribution in [2.45, 2.75) is 19.9 Å². The maximum atomic E-state index is 12.4. The lowest BCUT2D eigenvalue weighted by molar-refractivity contribution is -0.145. The third-order valence-corrected chi connectivity index (χ3v) is 4.87. The lowest BCUT2D eigenvalue weighted by Crippen LogP contribution is -2.45. The van der Waals surface area contributed by atoms with E-state index < -0.39 is 18.6 Å². The molecule has 0 aliphatic rings. The van der Waals surface area contributed by atoms with Gasteiger partial charge in [-0.2, -0.15) is 0 Å². The van der Waals surface area contributed by atoms with E-state index in [4.69, 9.17) is 14.2 Å². The summed E-state index contributed by atoms with van der Waals surface area (Å²) in [6, 6.07) is 7.26. The molecule has 1 atom stereocenters. The molecule has 150 valence electrons. The van der Waals surface area contributed by atoms with E-state index in [9.17, 15) is 14.4 Å². The summed E-state index contributed by atoms with van der Waals surface area (Å²) in [5, 5.41) is 4.44. The fraction of sp³-hybridized carbons (Fsp3) is 0.350. The van der Waals surface area contributed by atoms with E-state index in [0.29, 0.717) is 21.9 Å². The summed E-state index contributed by atoms with van der Waals surface area (Å²) in [7, 11) is 2.97. The number of amides is 1. The van der Waals surface area contributed by atoms with Gasteiger partial charge in [-0.3, -0.25) is 9.59 Å². The molecule has 1 aromatic heterocycles. The molecule has 7 nitrogen and oxygen atoms in total. The standard InChI is InChI=1S/C20H23NO6S/c1-12(2)18(21-19(23)17-6-5-9-28-17)20(24)27-11-14(22)13-7-8-15(25-3)16(10-13)26-4/h5-10,12,18H,11H2,1-4H3,(H,21,23)/t18-/m1/s1. The summed E-state index contributed by atoms with van der Waals surface area (Å²) in [6.07, 6.45) is 0. The van der Waals surface area contributed by atoms with Crippen LogP contribution in [-0.2, 0) is 9.53 Å². The van der Waals surface area contributed by atoms with Crippen molar-refractivity contribution in [3.05, 3.63) is 46.2 Å². The van der Waals surface area contributed by atoms with Crippen LogP contribution in [0.25, 0.3) is 0 Å². The van der Waals surface area contributed by atoms with Gasteiger partial charge in [-0.1, -0.05) is 19.9 Å². The molecule has 1 N–H and O–H groups in total. The van der Waals surface area contributed by atoms with Gasteiger partial charge in [0.2, 0.25) is 0 Å². The van der Waals surface area contributed by atoms with Crippen molar-refractivity contribution >= 4 is 29.0 Å². The van der Waals surface area contributed by atoms with Gasteiger partial charge in [0, 0.05) is 5.56 Å². The quantitative estimate of drug-likeness (QED) is 0.510. The smallest absolute Gasteiger partial charge is 0.329 e. The van der Waals surface area contributed by atoms with Crippen LogP contribution in [0.15, 0.2) is 35.7 Å². The average molecular weight is 405 g/mol. The Balaban J connectivity index is 2.00. The number of rotatable bonds is 9. The van der Waals surface area contributed by atoms with E-state index >= 15 is 0 Å². The number of esters is 1. The van der Waals surface area contributed by atoms with Crippen LogP contribution >= 0.6 is 11.3 Å². The molecule has 8 heteroatoms. The number of hydrogen-bond acceptors (Lipinski definition) is 7. The van der Waals surface area contributed by atoms with Crippen LogP contribution in [0, 0.1) is 5.92 Å². The number of ketones is 1. The van der Waals surface area contributed by atoms with Gasteiger partial charge in [0.15, 0.2) is 23.9 Å². The molecular weight excluding hydrogens is 382 g/mol. The molecule has 0 unspecified atom stereocenters. The Morgan fingerprint density at radius 2 is 1.79 bits per heavy atom. The maximum Gasteiger partial charge on any atom is 0.329 e. The van der Waals surface area contributed by atoms with Crippen LogP contribution in [0.1, 0.15) is 33.9 Å². The summed E-state index contributed by atoms with van der Waals surface area (Å²) < 4.78 is 15.5. The predicted molar refractivity (Wildman–Crippen MR) is 105 cm³/mol. The first-order chi connectivity index (χ1) is 13.4. The fourth-order valence-electron chi connectivity index (χ4n) is 2.44. The Morgan fingerprint density at radius 3 is 2.36 bits per heavy atom. The molecule has 2 rings (SSSR count). The van der Waals surface area contributed by atoms with Gasteiger partial charge in [-0.15, -0.1) is 11.3 Å². The minimum Gasteiger partial charge on any atom is -0.493 e. The normalized spacial score (nSPS) is 11.6. The zero-order valence-electron chi connectivity index (χ0n) is 16.2. The van der Waals surface area contributed by atoms with Gasteiger partial charge in [-0.05, 0) is 35.6 Å². The minimum atomic E-state index is -0.854. The monoisotopic (exact) mass is 405 g/mol. The molecule has 0 radical (unpaired) electrons. The van der Waals surface area contributed by atoms with Crippen molar-refractivity contribution < 1.29 is 28.6 Å². The van der Waals surface area contributed by atoms with Crippen LogP contribution in [0.4, 0.5) is 0 Å². The number of hydrogen-bond donors (Lipinski definition) is 1. The van der Waals surface area contributed by atoms with Crippen molar-refractivity contribution in [2.75, 3.05) is 20.8 Å². The topological polar surface area (TPSA) is 90.9 Å². The van der Waals surface area contributed by atoms with Crippen molar-refractivity contribution in [1.29, 1.82) is 0 Å². The Morgan fingerprint density at radius 1 is 1.07 bits per heavy atom. The van der Waals surface area contributed by atoms with E-state index in [-0.39, 0.29) is 17.6 Å². The first-order valence-corrected chi connectivity index (χ1v) is 9.51. The lowest BCUT2D eigenvalue weighted by atomic mass is 10.0. The molecule has 1 amide bonds. The summed E-state index contributed by atoms with van der Waals surface area (Å²) in [6.45, 7) is 3.14. The summed E-state index contributed by atoms with van der Waals surface area (Å²) in [5.74, 6) is -0.699. The summed E-state index contributed by atoms with van der Waals surface area (Å²) in [5.41, 5.74) is 0.328. The Kier molecular flexibility index (Phi) is 7.57. The van der Waals surface area contributed by atoms with Crippen LogP contribution in [0.2, 0.25) is 0 Å². The zero-order valence-corrected chi connectivity index (χ0v) is 17.0. The highest BCUT2D eigenvalue weighted by Gasteiger charge is 2.27. The highest BCUT2D eigenvalue weighted by Crippen LogP contribution is 2.27. The number of methoxy groups -OCH3 is 2. The van der Waals surface area contributed by atoms with Gasteiger partial charge in [-0.25, -0.2) is 4.79 Å². The van der Waals surface area contributed by atoms with Crippen molar-refractivity contribution in [1.82, 2.24) is 5.32 Å². The minimum absolute atomic E-state index is 0.201. The number of ether oxygens (including phenoxy) is 3. The molecule has 0 saturated carbocycles. The van der Waals surface area contributed by atoms with E-state index in [0.717, 1.165) is 0 Å². The third kappa shape index (κ3) is 5.32. The van der Waals surface area contributed by atoms with Crippen LogP contribution in [0.3, 0.4) is 0 Å². The third-order valence-electron chi connectivity index (χ3n) is 4.00. The Labute approximate surface area is 167 Å². The SMILES string of the molecule is COc1ccc(C(=O)COC(=O)[C@H](NC(=O)c2cccs2)C(C)C)cc1OC. The van der Waals surface area contributed by atoms with Gasteiger partial charge in [0.05, 0.1) is 19.1 Å². The van der Waals surface area contributed by atoms with Crippen molar-refractivity contribution in [3.8, 4) is 11.5 Å². The molecule has 1 aromatic carbocycles. The number of thiophene rings is 1. The molecule has 0 bridgehead atoms. The highest BCUT2D eigenvalue weighted by atomic mass is 32.1. The molecular formula is C20H23NO6S. The number of Topliss-reactive ketones (excluding diaryl/α,β-unsaturated/α-hetero) is 1. The Hall–Kier alpha value is -2.87. The van der Waals surface area contributed by atoms with Gasteiger partial charge in [0.25, 0.3) is 5.91 Å². The first-order valence-electron chi connectivity index (χ1n) is 8.63. The number of nitrogens with one attached hydrogen (secondary N) is 1.